The van der Waals surface area contributed by atoms with E-state index in [-0.39, 0.29) is 0 Å². The molecule has 0 saturated heterocycles. The molecule has 0 heterocycles. The molecule has 0 aromatic heterocycles. The van der Waals surface area contributed by atoms with Crippen molar-refractivity contribution in [2.45, 2.75) is 54.0 Å². The van der Waals surface area contributed by atoms with Crippen LogP contribution in [-0.2, 0) is 0 Å². The molecule has 0 radical (unpaired) electrons. The second-order valence-electron chi connectivity index (χ2n) is 6.53. The normalized spacial score (nSPS) is 14.8. The van der Waals surface area contributed by atoms with E-state index in [1.54, 1.807) is 0 Å². The van der Waals surface area contributed by atoms with E-state index >= 15 is 0 Å². The van der Waals surface area contributed by atoms with E-state index < -0.39 is 0 Å². The molecule has 0 amide bonds. The lowest BCUT2D eigenvalue weighted by Gasteiger charge is -2.28. The zero-order valence-electron chi connectivity index (χ0n) is 12.4. The molecule has 0 aromatic carbocycles. The van der Waals surface area contributed by atoms with Gasteiger partial charge in [0.25, 0.3) is 0 Å². The van der Waals surface area contributed by atoms with Gasteiger partial charge in [-0.3, -0.25) is 0 Å². The molecule has 0 aliphatic rings. The maximum absolute atomic E-state index is 3.52. The van der Waals surface area contributed by atoms with Crippen LogP contribution in [0.15, 0.2) is 0 Å². The van der Waals surface area contributed by atoms with E-state index in [4.69, 9.17) is 0 Å². The van der Waals surface area contributed by atoms with E-state index in [2.05, 4.69) is 58.8 Å². The third-order valence-electron chi connectivity index (χ3n) is 3.35. The lowest BCUT2D eigenvalue weighted by atomic mass is 9.92. The van der Waals surface area contributed by atoms with E-state index in [1.165, 1.54) is 6.42 Å². The Balaban J connectivity index is 3.52. The first kappa shape index (κ1) is 15.9. The van der Waals surface area contributed by atoms with Crippen LogP contribution in [0.25, 0.3) is 0 Å². The number of hydrogen-bond donors (Lipinski definition) is 1. The number of nitrogens with zero attached hydrogens (tertiary/aromatic N) is 1. The molecule has 1 N–H and O–H groups in total. The number of likely N-dealkylation sites (N-methyl/N-ethyl adjacent to an activating group) is 1. The van der Waals surface area contributed by atoms with Crippen LogP contribution in [0.1, 0.15) is 48.0 Å². The molecular weight excluding hydrogens is 196 g/mol. The van der Waals surface area contributed by atoms with Gasteiger partial charge in [0.15, 0.2) is 0 Å². The first-order chi connectivity index (χ1) is 7.24. The lowest BCUT2D eigenvalue weighted by Crippen LogP contribution is -2.38. The average molecular weight is 228 g/mol. The minimum Gasteiger partial charge on any atom is -0.315 e. The van der Waals surface area contributed by atoms with Crippen LogP contribution in [0.4, 0.5) is 0 Å². The molecule has 0 rings (SSSR count). The molecule has 0 saturated carbocycles. The van der Waals surface area contributed by atoms with Crippen LogP contribution in [0.5, 0.6) is 0 Å². The average Bonchev–Trinajstić information content (AvgIpc) is 2.13. The summed E-state index contributed by atoms with van der Waals surface area (Å²) >= 11 is 0. The largest absolute Gasteiger partial charge is 0.315 e. The van der Waals surface area contributed by atoms with Crippen LogP contribution in [0, 0.1) is 11.3 Å². The molecule has 0 spiro atoms. The maximum atomic E-state index is 3.52. The zero-order chi connectivity index (χ0) is 12.8. The monoisotopic (exact) mass is 228 g/mol. The molecule has 0 aromatic rings. The van der Waals surface area contributed by atoms with Crippen LogP contribution in [0.2, 0.25) is 0 Å². The molecular formula is C14H32N2. The highest BCUT2D eigenvalue weighted by molar-refractivity contribution is 4.68. The van der Waals surface area contributed by atoms with Gasteiger partial charge in [0.1, 0.15) is 0 Å². The van der Waals surface area contributed by atoms with E-state index in [9.17, 15) is 0 Å². The van der Waals surface area contributed by atoms with Gasteiger partial charge in [-0.25, -0.2) is 0 Å². The first-order valence-electron chi connectivity index (χ1n) is 6.65. The summed E-state index contributed by atoms with van der Waals surface area (Å²) in [5.41, 5.74) is 0.449. The van der Waals surface area contributed by atoms with Gasteiger partial charge in [-0.05, 0) is 38.3 Å². The van der Waals surface area contributed by atoms with Crippen LogP contribution in [0.3, 0.4) is 0 Å². The summed E-state index contributed by atoms with van der Waals surface area (Å²) in [7, 11) is 2.22. The van der Waals surface area contributed by atoms with Gasteiger partial charge in [-0.15, -0.1) is 0 Å². The van der Waals surface area contributed by atoms with Crippen molar-refractivity contribution in [1.82, 2.24) is 10.2 Å². The predicted octanol–water partition coefficient (Wildman–Crippen LogP) is 2.99. The fourth-order valence-corrected chi connectivity index (χ4v) is 1.56. The van der Waals surface area contributed by atoms with Crippen molar-refractivity contribution in [2.75, 3.05) is 26.7 Å². The first-order valence-corrected chi connectivity index (χ1v) is 6.65. The van der Waals surface area contributed by atoms with E-state index in [0.29, 0.717) is 11.5 Å². The van der Waals surface area contributed by atoms with Gasteiger partial charge in [0.2, 0.25) is 0 Å². The Bertz CT molecular complexity index is 170. The van der Waals surface area contributed by atoms with Gasteiger partial charge in [0.05, 0.1) is 0 Å². The van der Waals surface area contributed by atoms with Crippen LogP contribution >= 0.6 is 0 Å². The Labute approximate surface area is 103 Å². The quantitative estimate of drug-likeness (QED) is 0.674. The van der Waals surface area contributed by atoms with Crippen molar-refractivity contribution in [1.29, 1.82) is 0 Å². The highest BCUT2D eigenvalue weighted by Crippen LogP contribution is 2.16. The maximum Gasteiger partial charge on any atom is 0.0107 e. The van der Waals surface area contributed by atoms with Gasteiger partial charge in [-0.2, -0.15) is 0 Å². The van der Waals surface area contributed by atoms with Crippen molar-refractivity contribution in [3.8, 4) is 0 Å². The van der Waals surface area contributed by atoms with Crippen molar-refractivity contribution in [3.63, 3.8) is 0 Å². The van der Waals surface area contributed by atoms with Gasteiger partial charge >= 0.3 is 0 Å². The third-order valence-corrected chi connectivity index (χ3v) is 3.35. The Morgan fingerprint density at radius 2 is 1.62 bits per heavy atom. The van der Waals surface area contributed by atoms with Gasteiger partial charge < -0.3 is 10.2 Å². The highest BCUT2D eigenvalue weighted by atomic mass is 15.1. The SMILES string of the molecule is CC(C)C(C)N(C)CCNCCC(C)(C)C. The number of nitrogens with one attached hydrogen (secondary N) is 1. The molecule has 1 atom stereocenters. The smallest absolute Gasteiger partial charge is 0.0107 e. The molecule has 16 heavy (non-hydrogen) atoms. The van der Waals surface area contributed by atoms with Crippen molar-refractivity contribution in [3.05, 3.63) is 0 Å². The fourth-order valence-electron chi connectivity index (χ4n) is 1.56. The molecule has 2 nitrogen and oxygen atoms in total. The summed E-state index contributed by atoms with van der Waals surface area (Å²) < 4.78 is 0. The minimum atomic E-state index is 0.449. The summed E-state index contributed by atoms with van der Waals surface area (Å²) in [6.45, 7) is 17.1. The summed E-state index contributed by atoms with van der Waals surface area (Å²) in [6.07, 6.45) is 1.25. The Kier molecular flexibility index (Phi) is 7.25. The molecule has 0 aliphatic carbocycles. The van der Waals surface area contributed by atoms with E-state index in [1.807, 2.05) is 0 Å². The van der Waals surface area contributed by atoms with Crippen molar-refractivity contribution in [2.24, 2.45) is 11.3 Å². The third kappa shape index (κ3) is 8.12. The summed E-state index contributed by atoms with van der Waals surface area (Å²) in [5, 5.41) is 3.52. The molecule has 98 valence electrons. The van der Waals surface area contributed by atoms with Crippen molar-refractivity contribution < 1.29 is 0 Å². The summed E-state index contributed by atoms with van der Waals surface area (Å²) in [6, 6.07) is 0.671. The zero-order valence-corrected chi connectivity index (χ0v) is 12.4. The lowest BCUT2D eigenvalue weighted by molar-refractivity contribution is 0.207. The fraction of sp³-hybridized carbons (Fsp3) is 1.00. The Morgan fingerprint density at radius 1 is 1.06 bits per heavy atom. The molecule has 0 bridgehead atoms. The van der Waals surface area contributed by atoms with Gasteiger partial charge in [-0.1, -0.05) is 34.6 Å². The Hall–Kier alpha value is -0.0800. The van der Waals surface area contributed by atoms with E-state index in [0.717, 1.165) is 25.6 Å². The molecule has 0 fully saturated rings. The molecule has 1 unspecified atom stereocenters. The second kappa shape index (κ2) is 7.29. The number of hydrogen-bond acceptors (Lipinski definition) is 2. The summed E-state index contributed by atoms with van der Waals surface area (Å²) in [4.78, 5) is 2.44. The van der Waals surface area contributed by atoms with Crippen LogP contribution < -0.4 is 5.32 Å². The molecule has 2 heteroatoms. The second-order valence-corrected chi connectivity index (χ2v) is 6.53. The van der Waals surface area contributed by atoms with Crippen LogP contribution in [-0.4, -0.2) is 37.6 Å². The predicted molar refractivity (Wildman–Crippen MR) is 73.9 cm³/mol. The topological polar surface area (TPSA) is 15.3 Å². The number of rotatable bonds is 7. The van der Waals surface area contributed by atoms with Crippen molar-refractivity contribution >= 4 is 0 Å². The standard InChI is InChI=1S/C14H32N2/c1-12(2)13(3)16(7)11-10-15-9-8-14(4,5)6/h12-13,15H,8-11H2,1-7H3. The van der Waals surface area contributed by atoms with Gasteiger partial charge in [0, 0.05) is 19.1 Å². The minimum absolute atomic E-state index is 0.449. The molecule has 0 aliphatic heterocycles. The highest BCUT2D eigenvalue weighted by Gasteiger charge is 2.12. The summed E-state index contributed by atoms with van der Waals surface area (Å²) in [5.74, 6) is 0.736. The Morgan fingerprint density at radius 3 is 2.06 bits per heavy atom.